The number of rotatable bonds is 0. The fourth-order valence-electron chi connectivity index (χ4n) is 0. The maximum Gasteiger partial charge on any atom is 0 e. The van der Waals surface area contributed by atoms with E-state index < -0.39 is 0 Å². The van der Waals surface area contributed by atoms with Crippen molar-refractivity contribution in [1.82, 2.24) is 0 Å². The van der Waals surface area contributed by atoms with Gasteiger partial charge in [0.1, 0.15) is 0 Å². The molecule has 0 aromatic carbocycles. The van der Waals surface area contributed by atoms with E-state index in [4.69, 9.17) is 0 Å². The van der Waals surface area contributed by atoms with Gasteiger partial charge < -0.3 is 0 Å². The van der Waals surface area contributed by atoms with Crippen LogP contribution in [0.2, 0.25) is 0 Å². The summed E-state index contributed by atoms with van der Waals surface area (Å²) in [7, 11) is 0. The van der Waals surface area contributed by atoms with Crippen LogP contribution in [0.5, 0.6) is 0 Å². The minimum atomic E-state index is 0. The van der Waals surface area contributed by atoms with Crippen LogP contribution in [0.1, 0.15) is 0 Å². The molecule has 6 heteroatoms. The Morgan fingerprint density at radius 2 is 0.333 bits per heavy atom. The first kappa shape index (κ1) is 49.1. The molecule has 0 bridgehead atoms. The second-order valence-electron chi connectivity index (χ2n) is 0. The SMILES string of the molecule is [Cu].[Cu].[Cu].[Cu].[Cu].[Eu]. The molecule has 0 amide bonds. The van der Waals surface area contributed by atoms with Gasteiger partial charge in [-0.1, -0.05) is 0 Å². The fourth-order valence-corrected chi connectivity index (χ4v) is 0. The molecule has 0 atom stereocenters. The average molecular weight is 470 g/mol. The van der Waals surface area contributed by atoms with Gasteiger partial charge in [0.15, 0.2) is 0 Å². The molecule has 0 aliphatic carbocycles. The van der Waals surface area contributed by atoms with Crippen molar-refractivity contribution in [2.45, 2.75) is 0 Å². The van der Waals surface area contributed by atoms with Crippen LogP contribution in [0.4, 0.5) is 0 Å². The summed E-state index contributed by atoms with van der Waals surface area (Å²) in [6.45, 7) is 0. The van der Waals surface area contributed by atoms with E-state index >= 15 is 0 Å². The van der Waals surface area contributed by atoms with Crippen molar-refractivity contribution >= 4 is 0 Å². The van der Waals surface area contributed by atoms with Crippen molar-refractivity contribution in [3.8, 4) is 0 Å². The summed E-state index contributed by atoms with van der Waals surface area (Å²) in [5, 5.41) is 0. The molecule has 0 heterocycles. The summed E-state index contributed by atoms with van der Waals surface area (Å²) < 4.78 is 0. The summed E-state index contributed by atoms with van der Waals surface area (Å²) in [6.07, 6.45) is 0. The molecule has 0 aliphatic rings. The summed E-state index contributed by atoms with van der Waals surface area (Å²) in [6, 6.07) is 0. The zero-order chi connectivity index (χ0) is 0. The second kappa shape index (κ2) is 35.1. The molecule has 0 aromatic heterocycles. The van der Waals surface area contributed by atoms with Crippen LogP contribution in [-0.2, 0) is 85.3 Å². The third-order valence-corrected chi connectivity index (χ3v) is 0. The molecule has 0 saturated carbocycles. The van der Waals surface area contributed by atoms with Crippen LogP contribution in [0, 0.1) is 49.4 Å². The van der Waals surface area contributed by atoms with Crippen molar-refractivity contribution in [2.75, 3.05) is 0 Å². The third kappa shape index (κ3) is 24.1. The van der Waals surface area contributed by atoms with Crippen LogP contribution in [0.15, 0.2) is 0 Å². The molecule has 0 aromatic rings. The number of hydrogen-bond donors (Lipinski definition) is 0. The van der Waals surface area contributed by atoms with Crippen molar-refractivity contribution in [1.29, 1.82) is 0 Å². The molecule has 0 rings (SSSR count). The van der Waals surface area contributed by atoms with Crippen LogP contribution in [0.3, 0.4) is 0 Å². The first-order valence-corrected chi connectivity index (χ1v) is 0. The predicted octanol–water partition coefficient (Wildman–Crippen LogP) is -0.0125. The van der Waals surface area contributed by atoms with E-state index in [1.54, 1.807) is 0 Å². The van der Waals surface area contributed by atoms with Gasteiger partial charge in [0.25, 0.3) is 0 Å². The van der Waals surface area contributed by atoms with E-state index in [2.05, 4.69) is 0 Å². The van der Waals surface area contributed by atoms with E-state index in [9.17, 15) is 0 Å². The molecular formula is Cu5Eu. The normalized spacial score (nSPS) is 0. The van der Waals surface area contributed by atoms with Crippen molar-refractivity contribution < 1.29 is 135 Å². The van der Waals surface area contributed by atoms with Gasteiger partial charge >= 0.3 is 0 Å². The minimum Gasteiger partial charge on any atom is 0 e. The van der Waals surface area contributed by atoms with E-state index in [0.717, 1.165) is 0 Å². The van der Waals surface area contributed by atoms with Gasteiger partial charge in [0, 0.05) is 135 Å². The smallest absolute Gasteiger partial charge is 0 e. The molecule has 0 unspecified atom stereocenters. The van der Waals surface area contributed by atoms with Gasteiger partial charge in [-0.25, -0.2) is 0 Å². The van der Waals surface area contributed by atoms with E-state index in [1.165, 1.54) is 0 Å². The van der Waals surface area contributed by atoms with E-state index in [0.29, 0.717) is 0 Å². The Morgan fingerprint density at radius 3 is 0.333 bits per heavy atom. The Labute approximate surface area is 131 Å². The van der Waals surface area contributed by atoms with Crippen LogP contribution in [0.25, 0.3) is 0 Å². The maximum atomic E-state index is 0. The standard InChI is InChI=1S/5Cu.Eu. The molecule has 0 saturated heterocycles. The topological polar surface area (TPSA) is 0 Å². The van der Waals surface area contributed by atoms with E-state index in [-0.39, 0.29) is 135 Å². The van der Waals surface area contributed by atoms with Gasteiger partial charge in [-0.05, 0) is 0 Å². The summed E-state index contributed by atoms with van der Waals surface area (Å²) in [5.74, 6) is 0. The van der Waals surface area contributed by atoms with Gasteiger partial charge in [0.05, 0.1) is 0 Å². The first-order chi connectivity index (χ1) is 0. The predicted molar refractivity (Wildman–Crippen MR) is 0 cm³/mol. The third-order valence-electron chi connectivity index (χ3n) is 0. The Balaban J connectivity index is 0. The Hall–Kier alpha value is 4.18. The molecule has 0 nitrogen and oxygen atoms in total. The molecule has 0 fully saturated rings. The molecule has 0 N–H and O–H groups in total. The van der Waals surface area contributed by atoms with Crippen molar-refractivity contribution in [2.24, 2.45) is 0 Å². The van der Waals surface area contributed by atoms with Gasteiger partial charge in [-0.15, -0.1) is 0 Å². The Morgan fingerprint density at radius 1 is 0.333 bits per heavy atom. The summed E-state index contributed by atoms with van der Waals surface area (Å²) in [5.41, 5.74) is 0. The zero-order valence-electron chi connectivity index (χ0n) is 1.89. The summed E-state index contributed by atoms with van der Waals surface area (Å²) in [4.78, 5) is 0. The van der Waals surface area contributed by atoms with Crippen LogP contribution in [-0.4, -0.2) is 0 Å². The molecule has 0 spiro atoms. The van der Waals surface area contributed by atoms with Gasteiger partial charge in [-0.2, -0.15) is 0 Å². The van der Waals surface area contributed by atoms with Crippen LogP contribution < -0.4 is 0 Å². The number of hydrogen-bond acceptors (Lipinski definition) is 0. The first-order valence-electron chi connectivity index (χ1n) is 0. The van der Waals surface area contributed by atoms with Gasteiger partial charge in [-0.3, -0.25) is 0 Å². The average Bonchev–Trinajstić information content (AvgIpc) is 0. The monoisotopic (exact) mass is 468 g/mol. The van der Waals surface area contributed by atoms with Crippen LogP contribution >= 0.6 is 0 Å². The molecule has 6 heavy (non-hydrogen) atoms. The second-order valence-corrected chi connectivity index (χ2v) is 0. The van der Waals surface area contributed by atoms with Crippen molar-refractivity contribution in [3.05, 3.63) is 0 Å². The quantitative estimate of drug-likeness (QED) is 0.438. The molecule has 6 radical (unpaired) electrons. The molecule has 62 valence electrons. The molecule has 0 aliphatic heterocycles. The maximum absolute atomic E-state index is 0. The largest absolute Gasteiger partial charge is 0 e. The molecular weight excluding hydrogens is 470 g/mol. The van der Waals surface area contributed by atoms with Gasteiger partial charge in [0.2, 0.25) is 0 Å². The van der Waals surface area contributed by atoms with Crippen molar-refractivity contribution in [3.63, 3.8) is 0 Å². The summed E-state index contributed by atoms with van der Waals surface area (Å²) >= 11 is 0. The van der Waals surface area contributed by atoms with E-state index in [1.807, 2.05) is 0 Å². The Bertz CT molecular complexity index is 3.90. The Kier molecular flexibility index (Phi) is 288. The zero-order valence-corrected chi connectivity index (χ0v) is 9.02. The fraction of sp³-hybridized carbons (Fsp3) is 0. The minimum absolute atomic E-state index is 0.